The second-order valence-corrected chi connectivity index (χ2v) is 5.87. The lowest BCUT2D eigenvalue weighted by molar-refractivity contribution is -0.137. The zero-order valence-corrected chi connectivity index (χ0v) is 12.3. The molecule has 116 valence electrons. The van der Waals surface area contributed by atoms with Crippen molar-refractivity contribution in [2.75, 3.05) is 18.0 Å². The number of pyridine rings is 1. The van der Waals surface area contributed by atoms with Gasteiger partial charge in [-0.05, 0) is 44.0 Å². The van der Waals surface area contributed by atoms with Gasteiger partial charge < -0.3 is 15.7 Å². The first-order valence-corrected chi connectivity index (χ1v) is 7.23. The third-order valence-electron chi connectivity index (χ3n) is 4.15. The summed E-state index contributed by atoms with van der Waals surface area (Å²) in [6.45, 7) is 2.64. The molecule has 6 heteroatoms. The van der Waals surface area contributed by atoms with E-state index in [2.05, 4.69) is 4.98 Å². The number of rotatable bonds is 2. The maximum absolute atomic E-state index is 13.6. The van der Waals surface area contributed by atoms with Crippen LogP contribution in [0, 0.1) is 12.7 Å². The summed E-state index contributed by atoms with van der Waals surface area (Å²) in [6, 6.07) is 6.27. The summed E-state index contributed by atoms with van der Waals surface area (Å²) >= 11 is 0. The molecule has 0 saturated carbocycles. The highest BCUT2D eigenvalue weighted by molar-refractivity contribution is 5.93. The predicted octanol–water partition coefficient (Wildman–Crippen LogP) is 1.50. The van der Waals surface area contributed by atoms with Gasteiger partial charge in [0.2, 0.25) is 0 Å². The quantitative estimate of drug-likeness (QED) is 0.881. The summed E-state index contributed by atoms with van der Waals surface area (Å²) in [7, 11) is 0. The lowest BCUT2D eigenvalue weighted by atomic mass is 9.91. The van der Waals surface area contributed by atoms with Crippen molar-refractivity contribution in [1.82, 2.24) is 4.98 Å². The number of fused-ring (bicyclic) bond motifs is 1. The van der Waals surface area contributed by atoms with Crippen LogP contribution < -0.4 is 10.6 Å². The van der Waals surface area contributed by atoms with E-state index in [1.165, 1.54) is 12.1 Å². The maximum Gasteiger partial charge on any atom is 0.251 e. The van der Waals surface area contributed by atoms with Crippen LogP contribution in [0.3, 0.4) is 0 Å². The van der Waals surface area contributed by atoms with E-state index in [1.807, 2.05) is 17.9 Å². The first-order valence-electron chi connectivity index (χ1n) is 7.23. The van der Waals surface area contributed by atoms with Crippen LogP contribution in [0.5, 0.6) is 0 Å². The third kappa shape index (κ3) is 2.50. The van der Waals surface area contributed by atoms with E-state index in [9.17, 15) is 14.3 Å². The van der Waals surface area contributed by atoms with Crippen molar-refractivity contribution in [3.8, 4) is 0 Å². The summed E-state index contributed by atoms with van der Waals surface area (Å²) < 4.78 is 13.6. The molecular weight excluding hydrogens is 285 g/mol. The molecule has 22 heavy (non-hydrogen) atoms. The van der Waals surface area contributed by atoms with E-state index < -0.39 is 11.5 Å². The number of aryl methyl sites for hydroxylation is 1. The zero-order valence-electron chi connectivity index (χ0n) is 12.3. The van der Waals surface area contributed by atoms with E-state index in [0.29, 0.717) is 30.3 Å². The number of halogens is 1. The normalized spacial score (nSPS) is 22.0. The maximum atomic E-state index is 13.6. The van der Waals surface area contributed by atoms with Crippen molar-refractivity contribution < 1.29 is 14.3 Å². The van der Waals surface area contributed by atoms with Gasteiger partial charge in [-0.2, -0.15) is 0 Å². The number of nitrogens with zero attached hydrogens (tertiary/aromatic N) is 2. The molecule has 0 bridgehead atoms. The smallest absolute Gasteiger partial charge is 0.251 e. The molecular formula is C16H18FN3O2. The first kappa shape index (κ1) is 14.7. The molecule has 1 saturated heterocycles. The highest BCUT2D eigenvalue weighted by atomic mass is 19.1. The van der Waals surface area contributed by atoms with E-state index in [-0.39, 0.29) is 12.4 Å². The number of nitrogens with two attached hydrogens (primary N) is 1. The monoisotopic (exact) mass is 303 g/mol. The Labute approximate surface area is 127 Å². The standard InChI is InChI=1S/C16H18FN3O2/c1-10-7-14(12-8-11(17)3-4-13(12)19-10)20-6-2-5-16(22,9-20)15(18)21/h3-4,7-8,22H,2,5-6,9H2,1H3,(H2,18,21)/t16-/m1/s1. The van der Waals surface area contributed by atoms with E-state index in [0.717, 1.165) is 11.4 Å². The van der Waals surface area contributed by atoms with E-state index in [4.69, 9.17) is 5.73 Å². The van der Waals surface area contributed by atoms with Gasteiger partial charge in [-0.25, -0.2) is 4.39 Å². The number of hydrogen-bond donors (Lipinski definition) is 2. The average Bonchev–Trinajstić information content (AvgIpc) is 2.47. The van der Waals surface area contributed by atoms with Crippen LogP contribution in [0.4, 0.5) is 10.1 Å². The molecule has 3 N–H and O–H groups in total. The minimum absolute atomic E-state index is 0.109. The lowest BCUT2D eigenvalue weighted by Gasteiger charge is -2.38. The molecule has 2 aromatic rings. The van der Waals surface area contributed by atoms with Gasteiger partial charge in [0, 0.05) is 23.3 Å². The Kier molecular flexibility index (Phi) is 3.48. The number of amides is 1. The van der Waals surface area contributed by atoms with Crippen molar-refractivity contribution >= 4 is 22.5 Å². The minimum Gasteiger partial charge on any atom is -0.378 e. The highest BCUT2D eigenvalue weighted by Crippen LogP contribution is 2.32. The van der Waals surface area contributed by atoms with Gasteiger partial charge in [0.25, 0.3) is 5.91 Å². The van der Waals surface area contributed by atoms with Gasteiger partial charge in [0.1, 0.15) is 5.82 Å². The third-order valence-corrected chi connectivity index (χ3v) is 4.15. The molecule has 1 atom stereocenters. The Hall–Kier alpha value is -2.21. The molecule has 1 aromatic carbocycles. The summed E-state index contributed by atoms with van der Waals surface area (Å²) in [4.78, 5) is 17.8. The van der Waals surface area contributed by atoms with Gasteiger partial charge in [0.15, 0.2) is 5.60 Å². The number of carbonyl (C=O) groups is 1. The summed E-state index contributed by atoms with van der Waals surface area (Å²) in [5, 5.41) is 11.0. The molecule has 1 aliphatic heterocycles. The van der Waals surface area contributed by atoms with Crippen molar-refractivity contribution in [1.29, 1.82) is 0 Å². The fourth-order valence-electron chi connectivity index (χ4n) is 3.01. The molecule has 1 amide bonds. The molecule has 0 radical (unpaired) electrons. The molecule has 5 nitrogen and oxygen atoms in total. The Balaban J connectivity index is 2.09. The number of piperidine rings is 1. The van der Waals surface area contributed by atoms with Gasteiger partial charge >= 0.3 is 0 Å². The van der Waals surface area contributed by atoms with Crippen LogP contribution in [0.1, 0.15) is 18.5 Å². The van der Waals surface area contributed by atoms with Gasteiger partial charge in [0.05, 0.1) is 12.1 Å². The minimum atomic E-state index is -1.55. The number of carbonyl (C=O) groups excluding carboxylic acids is 1. The Morgan fingerprint density at radius 1 is 1.45 bits per heavy atom. The van der Waals surface area contributed by atoms with Crippen LogP contribution in [-0.2, 0) is 4.79 Å². The van der Waals surface area contributed by atoms with Crippen molar-refractivity contribution in [2.45, 2.75) is 25.4 Å². The summed E-state index contributed by atoms with van der Waals surface area (Å²) in [6.07, 6.45) is 0.979. The highest BCUT2D eigenvalue weighted by Gasteiger charge is 2.39. The predicted molar refractivity (Wildman–Crippen MR) is 82.0 cm³/mol. The molecule has 2 heterocycles. The van der Waals surface area contributed by atoms with Crippen molar-refractivity contribution in [3.63, 3.8) is 0 Å². The Morgan fingerprint density at radius 2 is 2.23 bits per heavy atom. The van der Waals surface area contributed by atoms with E-state index >= 15 is 0 Å². The largest absolute Gasteiger partial charge is 0.378 e. The zero-order chi connectivity index (χ0) is 15.9. The topological polar surface area (TPSA) is 79.5 Å². The van der Waals surface area contributed by atoms with Crippen LogP contribution in [-0.4, -0.2) is 34.7 Å². The van der Waals surface area contributed by atoms with Gasteiger partial charge in [-0.15, -0.1) is 0 Å². The number of benzene rings is 1. The summed E-state index contributed by atoms with van der Waals surface area (Å²) in [5.74, 6) is -1.07. The molecule has 3 rings (SSSR count). The number of β-amino-alcohol motifs (C(OH)–C–C–N with tert-alkyl or cyclic N) is 1. The second kappa shape index (κ2) is 5.21. The van der Waals surface area contributed by atoms with Crippen LogP contribution in [0.2, 0.25) is 0 Å². The molecule has 1 fully saturated rings. The lowest BCUT2D eigenvalue weighted by Crippen LogP contribution is -2.56. The Bertz CT molecular complexity index is 749. The Morgan fingerprint density at radius 3 is 2.95 bits per heavy atom. The molecule has 1 aliphatic rings. The number of aliphatic hydroxyl groups is 1. The molecule has 1 aromatic heterocycles. The molecule has 0 aliphatic carbocycles. The van der Waals surface area contributed by atoms with Crippen LogP contribution in [0.15, 0.2) is 24.3 Å². The van der Waals surface area contributed by atoms with Crippen molar-refractivity contribution in [2.24, 2.45) is 5.73 Å². The van der Waals surface area contributed by atoms with E-state index in [1.54, 1.807) is 6.07 Å². The number of hydrogen-bond acceptors (Lipinski definition) is 4. The average molecular weight is 303 g/mol. The number of aromatic nitrogens is 1. The number of primary amides is 1. The first-order chi connectivity index (χ1) is 10.4. The van der Waals surface area contributed by atoms with Crippen LogP contribution >= 0.6 is 0 Å². The molecule has 0 spiro atoms. The number of anilines is 1. The van der Waals surface area contributed by atoms with Crippen LogP contribution in [0.25, 0.3) is 10.9 Å². The fourth-order valence-corrected chi connectivity index (χ4v) is 3.01. The fraction of sp³-hybridized carbons (Fsp3) is 0.375. The summed E-state index contributed by atoms with van der Waals surface area (Å²) in [5.41, 5.74) is 6.02. The van der Waals surface area contributed by atoms with Gasteiger partial charge in [-0.3, -0.25) is 9.78 Å². The SMILES string of the molecule is Cc1cc(N2CCC[C@](O)(C(N)=O)C2)c2cc(F)ccc2n1. The van der Waals surface area contributed by atoms with Crippen molar-refractivity contribution in [3.05, 3.63) is 35.8 Å². The van der Waals surface area contributed by atoms with Gasteiger partial charge in [-0.1, -0.05) is 0 Å². The molecule has 0 unspecified atom stereocenters. The second-order valence-electron chi connectivity index (χ2n) is 5.87.